The molecule has 0 bridgehead atoms. The first-order chi connectivity index (χ1) is 6.79. The summed E-state index contributed by atoms with van der Waals surface area (Å²) in [5.41, 5.74) is 4.17. The van der Waals surface area contributed by atoms with Crippen LogP contribution in [0, 0.1) is 0 Å². The van der Waals surface area contributed by atoms with Crippen LogP contribution >= 0.6 is 0 Å². The van der Waals surface area contributed by atoms with Crippen molar-refractivity contribution in [2.24, 2.45) is 0 Å². The van der Waals surface area contributed by atoms with Crippen molar-refractivity contribution < 1.29 is 9.90 Å². The smallest absolute Gasteiger partial charge is 0.337 e. The molecule has 74 valence electrons. The Hall–Kier alpha value is -1.25. The molecule has 3 nitrogen and oxygen atoms in total. The first-order valence-corrected chi connectivity index (χ1v) is 5.25. The molecule has 3 heteroatoms. The van der Waals surface area contributed by atoms with Gasteiger partial charge in [0.2, 0.25) is 0 Å². The Kier molecular flexibility index (Phi) is 1.52. The summed E-state index contributed by atoms with van der Waals surface area (Å²) in [4.78, 5) is 11.2. The molecule has 1 aliphatic heterocycles. The predicted molar refractivity (Wildman–Crippen MR) is 51.7 cm³/mol. The molecule has 0 saturated heterocycles. The minimum atomic E-state index is -0.723. The van der Waals surface area contributed by atoms with Crippen LogP contribution in [0.15, 0.2) is 0 Å². The first kappa shape index (κ1) is 8.09. The van der Waals surface area contributed by atoms with E-state index in [-0.39, 0.29) is 0 Å². The van der Waals surface area contributed by atoms with Crippen LogP contribution in [0.5, 0.6) is 0 Å². The van der Waals surface area contributed by atoms with Crippen molar-refractivity contribution in [2.45, 2.75) is 38.6 Å². The molecule has 3 rings (SSSR count). The fourth-order valence-electron chi connectivity index (χ4n) is 2.95. The van der Waals surface area contributed by atoms with Crippen molar-refractivity contribution in [1.82, 2.24) is 4.57 Å². The van der Waals surface area contributed by atoms with Crippen LogP contribution in [0.1, 0.15) is 40.2 Å². The van der Waals surface area contributed by atoms with Gasteiger partial charge in [-0.1, -0.05) is 0 Å². The zero-order chi connectivity index (χ0) is 9.71. The maximum absolute atomic E-state index is 11.2. The van der Waals surface area contributed by atoms with Gasteiger partial charge in [-0.3, -0.25) is 0 Å². The zero-order valence-corrected chi connectivity index (χ0v) is 8.05. The molecular formula is C11H13NO2. The molecule has 0 saturated carbocycles. The highest BCUT2D eigenvalue weighted by Gasteiger charge is 2.31. The number of carboxylic acids is 1. The summed E-state index contributed by atoms with van der Waals surface area (Å²) in [7, 11) is 0. The highest BCUT2D eigenvalue weighted by molar-refractivity contribution is 5.92. The highest BCUT2D eigenvalue weighted by atomic mass is 16.4. The first-order valence-electron chi connectivity index (χ1n) is 5.25. The summed E-state index contributed by atoms with van der Waals surface area (Å²) in [6.45, 7) is 1.03. The minimum Gasteiger partial charge on any atom is -0.478 e. The monoisotopic (exact) mass is 191 g/mol. The molecule has 14 heavy (non-hydrogen) atoms. The molecule has 0 amide bonds. The molecule has 1 aromatic heterocycles. The fraction of sp³-hybridized carbons (Fsp3) is 0.545. The van der Waals surface area contributed by atoms with E-state index in [1.807, 2.05) is 0 Å². The molecule has 2 aliphatic rings. The number of aromatic carboxylic acids is 1. The number of hydrogen-bond donors (Lipinski definition) is 1. The van der Waals surface area contributed by atoms with Gasteiger partial charge in [0.15, 0.2) is 0 Å². The molecule has 0 radical (unpaired) electrons. The van der Waals surface area contributed by atoms with E-state index < -0.39 is 5.97 Å². The van der Waals surface area contributed by atoms with Gasteiger partial charge in [0.05, 0.1) is 5.56 Å². The topological polar surface area (TPSA) is 42.2 Å². The quantitative estimate of drug-likeness (QED) is 0.733. The van der Waals surface area contributed by atoms with Crippen LogP contribution in [0.25, 0.3) is 0 Å². The van der Waals surface area contributed by atoms with Crippen molar-refractivity contribution >= 4 is 5.97 Å². The lowest BCUT2D eigenvalue weighted by Crippen LogP contribution is -2.02. The van der Waals surface area contributed by atoms with E-state index >= 15 is 0 Å². The summed E-state index contributed by atoms with van der Waals surface area (Å²) in [5, 5.41) is 9.19. The largest absolute Gasteiger partial charge is 0.478 e. The third-order valence-corrected chi connectivity index (χ3v) is 3.44. The summed E-state index contributed by atoms with van der Waals surface area (Å²) in [6.07, 6.45) is 5.25. The molecule has 0 fully saturated rings. The van der Waals surface area contributed by atoms with Crippen LogP contribution < -0.4 is 0 Å². The normalized spacial score (nSPS) is 18.3. The fourth-order valence-corrected chi connectivity index (χ4v) is 2.95. The van der Waals surface area contributed by atoms with E-state index in [4.69, 9.17) is 0 Å². The van der Waals surface area contributed by atoms with E-state index in [1.165, 1.54) is 5.69 Å². The van der Waals surface area contributed by atoms with Crippen molar-refractivity contribution in [3.8, 4) is 0 Å². The van der Waals surface area contributed by atoms with E-state index in [9.17, 15) is 9.90 Å². The van der Waals surface area contributed by atoms with E-state index in [0.29, 0.717) is 5.56 Å². The summed E-state index contributed by atoms with van der Waals surface area (Å²) in [5.74, 6) is -0.723. The van der Waals surface area contributed by atoms with Crippen molar-refractivity contribution in [1.29, 1.82) is 0 Å². The molecule has 2 heterocycles. The zero-order valence-electron chi connectivity index (χ0n) is 8.05. The number of carbonyl (C=O) groups is 1. The molecule has 0 unspecified atom stereocenters. The predicted octanol–water partition coefficient (Wildman–Crippen LogP) is 1.62. The maximum atomic E-state index is 11.2. The summed E-state index contributed by atoms with van der Waals surface area (Å²) in [6, 6.07) is 0. The van der Waals surface area contributed by atoms with Crippen LogP contribution in [-0.4, -0.2) is 15.6 Å². The van der Waals surface area contributed by atoms with Gasteiger partial charge in [0, 0.05) is 17.9 Å². The second kappa shape index (κ2) is 2.62. The van der Waals surface area contributed by atoms with Crippen molar-refractivity contribution in [3.63, 3.8) is 0 Å². The molecule has 0 aromatic carbocycles. The van der Waals surface area contributed by atoms with Gasteiger partial charge < -0.3 is 9.67 Å². The molecule has 0 atom stereocenters. The minimum absolute atomic E-state index is 0.634. The standard InChI is InChI=1S/C11H13NO2/c13-11(14)10-7-3-1-4-8(7)12-6-2-5-9(10)12/h1-6H2,(H,13,14). The summed E-state index contributed by atoms with van der Waals surface area (Å²) < 4.78 is 2.26. The number of aromatic nitrogens is 1. The lowest BCUT2D eigenvalue weighted by Gasteiger charge is -2.01. The number of fused-ring (bicyclic) bond motifs is 3. The average molecular weight is 191 g/mol. The Morgan fingerprint density at radius 1 is 1.14 bits per heavy atom. The SMILES string of the molecule is O=C(O)c1c2c(n3c1CCC3)CCC2. The number of nitrogens with zero attached hydrogens (tertiary/aromatic N) is 1. The van der Waals surface area contributed by atoms with E-state index in [0.717, 1.165) is 49.9 Å². The second-order valence-electron chi connectivity index (χ2n) is 4.16. The molecular weight excluding hydrogens is 178 g/mol. The van der Waals surface area contributed by atoms with Gasteiger partial charge >= 0.3 is 5.97 Å². The van der Waals surface area contributed by atoms with E-state index in [1.54, 1.807) is 0 Å². The molecule has 1 aromatic rings. The average Bonchev–Trinajstić information content (AvgIpc) is 2.70. The number of carboxylic acid groups (broad SMARTS) is 1. The van der Waals surface area contributed by atoms with Gasteiger partial charge in [0.1, 0.15) is 0 Å². The Morgan fingerprint density at radius 3 is 2.71 bits per heavy atom. The molecule has 0 spiro atoms. The lowest BCUT2D eigenvalue weighted by molar-refractivity contribution is 0.0695. The Morgan fingerprint density at radius 2 is 1.93 bits per heavy atom. The van der Waals surface area contributed by atoms with Crippen molar-refractivity contribution in [2.75, 3.05) is 0 Å². The number of rotatable bonds is 1. The van der Waals surface area contributed by atoms with Gasteiger partial charge in [0.25, 0.3) is 0 Å². The lowest BCUT2D eigenvalue weighted by atomic mass is 10.1. The Balaban J connectivity index is 2.27. The molecule has 1 aliphatic carbocycles. The van der Waals surface area contributed by atoms with Gasteiger partial charge in [-0.25, -0.2) is 4.79 Å². The van der Waals surface area contributed by atoms with Crippen LogP contribution in [0.4, 0.5) is 0 Å². The highest BCUT2D eigenvalue weighted by Crippen LogP contribution is 2.34. The van der Waals surface area contributed by atoms with Crippen LogP contribution in [0.2, 0.25) is 0 Å². The van der Waals surface area contributed by atoms with Crippen LogP contribution in [-0.2, 0) is 25.8 Å². The third-order valence-electron chi connectivity index (χ3n) is 3.44. The third kappa shape index (κ3) is 0.846. The second-order valence-corrected chi connectivity index (χ2v) is 4.16. The summed E-state index contributed by atoms with van der Waals surface area (Å²) >= 11 is 0. The van der Waals surface area contributed by atoms with Gasteiger partial charge in [-0.2, -0.15) is 0 Å². The maximum Gasteiger partial charge on any atom is 0.337 e. The Bertz CT molecular complexity index is 386. The van der Waals surface area contributed by atoms with Gasteiger partial charge in [-0.15, -0.1) is 0 Å². The Labute approximate surface area is 82.3 Å². The van der Waals surface area contributed by atoms with Crippen molar-refractivity contribution in [3.05, 3.63) is 22.5 Å². The number of hydrogen-bond acceptors (Lipinski definition) is 1. The van der Waals surface area contributed by atoms with E-state index in [2.05, 4.69) is 4.57 Å². The van der Waals surface area contributed by atoms with Crippen LogP contribution in [0.3, 0.4) is 0 Å². The molecule has 1 N–H and O–H groups in total. The van der Waals surface area contributed by atoms with Gasteiger partial charge in [-0.05, 0) is 37.7 Å².